The quantitative estimate of drug-likeness (QED) is 0.733. The SMILES string of the molecule is Cc1nn(C)c(C)c1NC(=O)c1ccccc1COc1ccc(F)cc1F. The van der Waals surface area contributed by atoms with E-state index in [2.05, 4.69) is 10.4 Å². The number of halogens is 2. The number of anilines is 1. The van der Waals surface area contributed by atoms with Gasteiger partial charge in [-0.2, -0.15) is 5.10 Å². The number of benzene rings is 2. The third kappa shape index (κ3) is 3.97. The highest BCUT2D eigenvalue weighted by Gasteiger charge is 2.17. The van der Waals surface area contributed by atoms with Crippen molar-refractivity contribution in [2.75, 3.05) is 5.32 Å². The minimum Gasteiger partial charge on any atom is -0.486 e. The lowest BCUT2D eigenvalue weighted by Crippen LogP contribution is -2.16. The van der Waals surface area contributed by atoms with Crippen LogP contribution in [0.2, 0.25) is 0 Å². The summed E-state index contributed by atoms with van der Waals surface area (Å²) in [6.07, 6.45) is 0. The summed E-state index contributed by atoms with van der Waals surface area (Å²) in [7, 11) is 1.80. The number of ether oxygens (including phenoxy) is 1. The van der Waals surface area contributed by atoms with Crippen LogP contribution in [0.5, 0.6) is 5.75 Å². The molecule has 3 rings (SSSR count). The van der Waals surface area contributed by atoms with Crippen LogP contribution in [-0.2, 0) is 13.7 Å². The van der Waals surface area contributed by atoms with Crippen molar-refractivity contribution in [3.63, 3.8) is 0 Å². The zero-order valence-electron chi connectivity index (χ0n) is 15.2. The molecule has 0 saturated heterocycles. The highest BCUT2D eigenvalue weighted by Crippen LogP contribution is 2.22. The fourth-order valence-corrected chi connectivity index (χ4v) is 2.75. The molecule has 1 aromatic heterocycles. The number of nitrogens with one attached hydrogen (secondary N) is 1. The van der Waals surface area contributed by atoms with Gasteiger partial charge in [0.1, 0.15) is 12.4 Å². The van der Waals surface area contributed by atoms with Crippen LogP contribution in [0.3, 0.4) is 0 Å². The van der Waals surface area contributed by atoms with E-state index in [1.54, 1.807) is 36.0 Å². The van der Waals surface area contributed by atoms with Crippen LogP contribution in [0, 0.1) is 25.5 Å². The zero-order chi connectivity index (χ0) is 19.6. The van der Waals surface area contributed by atoms with Crippen LogP contribution in [-0.4, -0.2) is 15.7 Å². The molecule has 0 unspecified atom stereocenters. The summed E-state index contributed by atoms with van der Waals surface area (Å²) < 4.78 is 33.9. The Kier molecular flexibility index (Phi) is 5.21. The fourth-order valence-electron chi connectivity index (χ4n) is 2.75. The van der Waals surface area contributed by atoms with Crippen molar-refractivity contribution < 1.29 is 18.3 Å². The summed E-state index contributed by atoms with van der Waals surface area (Å²) in [4.78, 5) is 12.7. The lowest BCUT2D eigenvalue weighted by atomic mass is 10.1. The highest BCUT2D eigenvalue weighted by molar-refractivity contribution is 6.05. The molecular weight excluding hydrogens is 352 g/mol. The van der Waals surface area contributed by atoms with Gasteiger partial charge in [-0.25, -0.2) is 8.78 Å². The molecule has 0 aliphatic heterocycles. The monoisotopic (exact) mass is 371 g/mol. The number of amides is 1. The molecule has 0 aliphatic rings. The average molecular weight is 371 g/mol. The maximum Gasteiger partial charge on any atom is 0.256 e. The summed E-state index contributed by atoms with van der Waals surface area (Å²) in [6, 6.07) is 9.97. The highest BCUT2D eigenvalue weighted by atomic mass is 19.1. The standard InChI is InChI=1S/C20H19F2N3O2/c1-12-19(13(2)25(3)24-12)23-20(26)16-7-5-4-6-14(16)11-27-18-9-8-15(21)10-17(18)22/h4-10H,11H2,1-3H3,(H,23,26). The Labute approximate surface area is 155 Å². The van der Waals surface area contributed by atoms with Gasteiger partial charge in [0.15, 0.2) is 11.6 Å². The van der Waals surface area contributed by atoms with Crippen molar-refractivity contribution in [1.82, 2.24) is 9.78 Å². The Morgan fingerprint density at radius 3 is 2.59 bits per heavy atom. The third-order valence-electron chi connectivity index (χ3n) is 4.29. The summed E-state index contributed by atoms with van der Waals surface area (Å²) in [6.45, 7) is 3.65. The van der Waals surface area contributed by atoms with Crippen LogP contribution in [0.1, 0.15) is 27.3 Å². The molecule has 1 N–H and O–H groups in total. The predicted molar refractivity (Wildman–Crippen MR) is 97.8 cm³/mol. The summed E-state index contributed by atoms with van der Waals surface area (Å²) in [5.41, 5.74) is 3.19. The Hall–Kier alpha value is -3.22. The minimum atomic E-state index is -0.793. The summed E-state index contributed by atoms with van der Waals surface area (Å²) >= 11 is 0. The Morgan fingerprint density at radius 2 is 1.93 bits per heavy atom. The number of carbonyl (C=O) groups excluding carboxylic acids is 1. The van der Waals surface area contributed by atoms with E-state index >= 15 is 0 Å². The van der Waals surface area contributed by atoms with E-state index in [4.69, 9.17) is 4.74 Å². The van der Waals surface area contributed by atoms with Gasteiger partial charge < -0.3 is 10.1 Å². The largest absolute Gasteiger partial charge is 0.486 e. The smallest absolute Gasteiger partial charge is 0.256 e. The van der Waals surface area contributed by atoms with E-state index in [-0.39, 0.29) is 18.3 Å². The number of aromatic nitrogens is 2. The number of carbonyl (C=O) groups is 1. The molecule has 0 radical (unpaired) electrons. The van der Waals surface area contributed by atoms with Crippen LogP contribution < -0.4 is 10.1 Å². The maximum absolute atomic E-state index is 13.7. The molecule has 2 aromatic carbocycles. The van der Waals surface area contributed by atoms with Gasteiger partial charge in [0.25, 0.3) is 5.91 Å². The first-order valence-electron chi connectivity index (χ1n) is 8.34. The van der Waals surface area contributed by atoms with Gasteiger partial charge in [-0.1, -0.05) is 18.2 Å². The number of aryl methyl sites for hydroxylation is 2. The van der Waals surface area contributed by atoms with E-state index in [1.165, 1.54) is 6.07 Å². The van der Waals surface area contributed by atoms with E-state index in [1.807, 2.05) is 13.8 Å². The van der Waals surface area contributed by atoms with Crippen LogP contribution in [0.25, 0.3) is 0 Å². The molecule has 0 saturated carbocycles. The Morgan fingerprint density at radius 1 is 1.19 bits per heavy atom. The van der Waals surface area contributed by atoms with Crippen molar-refractivity contribution in [2.24, 2.45) is 7.05 Å². The van der Waals surface area contributed by atoms with Crippen molar-refractivity contribution in [3.05, 3.63) is 76.6 Å². The third-order valence-corrected chi connectivity index (χ3v) is 4.29. The molecule has 0 bridgehead atoms. The first kappa shape index (κ1) is 18.6. The molecule has 1 amide bonds. The molecule has 1 heterocycles. The second-order valence-corrected chi connectivity index (χ2v) is 6.14. The molecule has 0 atom stereocenters. The Balaban J connectivity index is 1.80. The molecule has 0 aliphatic carbocycles. The molecule has 27 heavy (non-hydrogen) atoms. The first-order chi connectivity index (χ1) is 12.9. The number of hydrogen-bond donors (Lipinski definition) is 1. The van der Waals surface area contributed by atoms with Gasteiger partial charge in [0, 0.05) is 24.2 Å². The van der Waals surface area contributed by atoms with Gasteiger partial charge in [-0.3, -0.25) is 9.48 Å². The molecule has 0 fully saturated rings. The van der Waals surface area contributed by atoms with E-state index in [0.29, 0.717) is 22.5 Å². The topological polar surface area (TPSA) is 56.2 Å². The lowest BCUT2D eigenvalue weighted by Gasteiger charge is -2.12. The van der Waals surface area contributed by atoms with Crippen LogP contribution in [0.15, 0.2) is 42.5 Å². The number of nitrogens with zero attached hydrogens (tertiary/aromatic N) is 2. The van der Waals surface area contributed by atoms with Gasteiger partial charge in [0.05, 0.1) is 17.1 Å². The van der Waals surface area contributed by atoms with E-state index < -0.39 is 11.6 Å². The number of hydrogen-bond acceptors (Lipinski definition) is 3. The van der Waals surface area contributed by atoms with Crippen molar-refractivity contribution in [2.45, 2.75) is 20.5 Å². The normalized spacial score (nSPS) is 10.7. The maximum atomic E-state index is 13.7. The molecule has 3 aromatic rings. The minimum absolute atomic E-state index is 0.0306. The second-order valence-electron chi connectivity index (χ2n) is 6.14. The molecule has 140 valence electrons. The molecule has 5 nitrogen and oxygen atoms in total. The van der Waals surface area contributed by atoms with E-state index in [9.17, 15) is 13.6 Å². The van der Waals surface area contributed by atoms with Gasteiger partial charge in [0.2, 0.25) is 0 Å². The second kappa shape index (κ2) is 7.57. The van der Waals surface area contributed by atoms with Gasteiger partial charge in [-0.15, -0.1) is 0 Å². The molecule has 7 heteroatoms. The molecule has 0 spiro atoms. The number of rotatable bonds is 5. The average Bonchev–Trinajstić information content (AvgIpc) is 2.87. The van der Waals surface area contributed by atoms with Gasteiger partial charge >= 0.3 is 0 Å². The predicted octanol–water partition coefficient (Wildman–Crippen LogP) is 4.15. The zero-order valence-corrected chi connectivity index (χ0v) is 15.2. The van der Waals surface area contributed by atoms with Crippen molar-refractivity contribution >= 4 is 11.6 Å². The summed E-state index contributed by atoms with van der Waals surface area (Å²) in [5.74, 6) is -1.86. The molecular formula is C20H19F2N3O2. The van der Waals surface area contributed by atoms with Crippen LogP contribution in [0.4, 0.5) is 14.5 Å². The van der Waals surface area contributed by atoms with Crippen molar-refractivity contribution in [3.8, 4) is 5.75 Å². The van der Waals surface area contributed by atoms with Crippen molar-refractivity contribution in [1.29, 1.82) is 0 Å². The van der Waals surface area contributed by atoms with Crippen LogP contribution >= 0.6 is 0 Å². The fraction of sp³-hybridized carbons (Fsp3) is 0.200. The van der Waals surface area contributed by atoms with Gasteiger partial charge in [-0.05, 0) is 32.0 Å². The summed E-state index contributed by atoms with van der Waals surface area (Å²) in [5, 5.41) is 7.15. The van der Waals surface area contributed by atoms with E-state index in [0.717, 1.165) is 17.8 Å². The first-order valence-corrected chi connectivity index (χ1v) is 8.34. The Bertz CT molecular complexity index is 999. The lowest BCUT2D eigenvalue weighted by molar-refractivity contribution is 0.102.